The number of amides is 1. The minimum atomic E-state index is -0.0146. The molecule has 0 fully saturated rings. The summed E-state index contributed by atoms with van der Waals surface area (Å²) < 4.78 is 0. The van der Waals surface area contributed by atoms with E-state index < -0.39 is 0 Å². The molecule has 0 saturated carbocycles. The minimum Gasteiger partial charge on any atom is -0.327 e. The van der Waals surface area contributed by atoms with E-state index in [1.165, 1.54) is 11.3 Å². The lowest BCUT2D eigenvalue weighted by atomic mass is 10.2. The molecule has 0 aromatic carbocycles. The Labute approximate surface area is 96.6 Å². The highest BCUT2D eigenvalue weighted by molar-refractivity contribution is 7.07. The fourth-order valence-electron chi connectivity index (χ4n) is 1.82. The summed E-state index contributed by atoms with van der Waals surface area (Å²) >= 11 is 1.44. The smallest absolute Gasteiger partial charge is 0.273 e. The van der Waals surface area contributed by atoms with Crippen LogP contribution in [0.2, 0.25) is 0 Å². The van der Waals surface area contributed by atoms with E-state index in [0.29, 0.717) is 18.8 Å². The minimum absolute atomic E-state index is 0.0146. The molecule has 3 rings (SSSR count). The van der Waals surface area contributed by atoms with Crippen molar-refractivity contribution in [1.82, 2.24) is 14.9 Å². The fraction of sp³-hybridized carbons (Fsp3) is 0.182. The molecular formula is C11H9N3OS. The van der Waals surface area contributed by atoms with E-state index in [-0.39, 0.29) is 5.91 Å². The Balaban J connectivity index is 1.84. The number of aromatic nitrogens is 2. The van der Waals surface area contributed by atoms with Crippen LogP contribution in [0.15, 0.2) is 29.2 Å². The van der Waals surface area contributed by atoms with Crippen molar-refractivity contribution in [1.29, 1.82) is 0 Å². The van der Waals surface area contributed by atoms with Gasteiger partial charge in [-0.15, -0.1) is 11.3 Å². The Morgan fingerprint density at radius 2 is 2.31 bits per heavy atom. The Morgan fingerprint density at radius 1 is 1.38 bits per heavy atom. The molecule has 0 bridgehead atoms. The van der Waals surface area contributed by atoms with Gasteiger partial charge in [0.2, 0.25) is 0 Å². The number of carbonyl (C=O) groups is 1. The summed E-state index contributed by atoms with van der Waals surface area (Å²) in [5, 5.41) is 1.78. The number of rotatable bonds is 1. The molecular weight excluding hydrogens is 222 g/mol. The molecule has 0 aliphatic carbocycles. The van der Waals surface area contributed by atoms with E-state index in [0.717, 1.165) is 11.3 Å². The normalized spacial score (nSPS) is 13.9. The monoisotopic (exact) mass is 231 g/mol. The van der Waals surface area contributed by atoms with Gasteiger partial charge in [-0.05, 0) is 11.6 Å². The quantitative estimate of drug-likeness (QED) is 0.750. The highest BCUT2D eigenvalue weighted by Gasteiger charge is 2.25. The molecule has 1 amide bonds. The summed E-state index contributed by atoms with van der Waals surface area (Å²) in [5.74, 6) is -0.0146. The van der Waals surface area contributed by atoms with Gasteiger partial charge in [-0.25, -0.2) is 4.98 Å². The molecule has 0 atom stereocenters. The van der Waals surface area contributed by atoms with Gasteiger partial charge in [0.1, 0.15) is 5.69 Å². The lowest BCUT2D eigenvalue weighted by molar-refractivity contribution is 0.0745. The van der Waals surface area contributed by atoms with Crippen LogP contribution in [0.3, 0.4) is 0 Å². The zero-order valence-corrected chi connectivity index (χ0v) is 9.28. The van der Waals surface area contributed by atoms with Crippen LogP contribution in [0.4, 0.5) is 0 Å². The molecule has 16 heavy (non-hydrogen) atoms. The summed E-state index contributed by atoms with van der Waals surface area (Å²) in [6.07, 6.45) is 1.76. The van der Waals surface area contributed by atoms with Crippen molar-refractivity contribution in [2.45, 2.75) is 13.1 Å². The molecule has 1 aliphatic heterocycles. The van der Waals surface area contributed by atoms with E-state index in [4.69, 9.17) is 0 Å². The van der Waals surface area contributed by atoms with Gasteiger partial charge < -0.3 is 4.90 Å². The predicted octanol–water partition coefficient (Wildman–Crippen LogP) is 1.69. The van der Waals surface area contributed by atoms with Crippen molar-refractivity contribution in [2.24, 2.45) is 0 Å². The van der Waals surface area contributed by atoms with Crippen molar-refractivity contribution >= 4 is 17.2 Å². The van der Waals surface area contributed by atoms with E-state index in [2.05, 4.69) is 9.97 Å². The van der Waals surface area contributed by atoms with E-state index in [1.807, 2.05) is 12.1 Å². The molecule has 4 nitrogen and oxygen atoms in total. The van der Waals surface area contributed by atoms with Crippen LogP contribution in [0.1, 0.15) is 21.7 Å². The van der Waals surface area contributed by atoms with Gasteiger partial charge in [-0.2, -0.15) is 0 Å². The first-order chi connectivity index (χ1) is 7.84. The fourth-order valence-corrected chi connectivity index (χ4v) is 2.35. The van der Waals surface area contributed by atoms with Crippen LogP contribution in [-0.4, -0.2) is 20.8 Å². The third-order valence-electron chi connectivity index (χ3n) is 2.63. The second kappa shape index (κ2) is 3.68. The Bertz CT molecular complexity index is 499. The molecule has 0 spiro atoms. The summed E-state index contributed by atoms with van der Waals surface area (Å²) in [7, 11) is 0. The van der Waals surface area contributed by atoms with Crippen LogP contribution in [0.5, 0.6) is 0 Å². The zero-order chi connectivity index (χ0) is 11.0. The first-order valence-corrected chi connectivity index (χ1v) is 5.89. The second-order valence-corrected chi connectivity index (χ2v) is 4.36. The molecule has 0 unspecified atom stereocenters. The average molecular weight is 231 g/mol. The van der Waals surface area contributed by atoms with Crippen molar-refractivity contribution in [3.05, 3.63) is 46.2 Å². The third kappa shape index (κ3) is 1.49. The van der Waals surface area contributed by atoms with Crippen LogP contribution in [0.25, 0.3) is 0 Å². The maximum atomic E-state index is 12.0. The van der Waals surface area contributed by atoms with Gasteiger partial charge in [0, 0.05) is 18.1 Å². The van der Waals surface area contributed by atoms with Gasteiger partial charge >= 0.3 is 0 Å². The predicted molar refractivity (Wildman–Crippen MR) is 59.9 cm³/mol. The molecule has 3 heterocycles. The standard InChI is InChI=1S/C11H9N3OS/c15-11(10-6-16-7-13-10)14-4-8-2-1-3-12-9(8)5-14/h1-3,6-7H,4-5H2. The number of hydrogen-bond acceptors (Lipinski definition) is 4. The van der Waals surface area contributed by atoms with Gasteiger partial charge in [-0.1, -0.05) is 6.07 Å². The largest absolute Gasteiger partial charge is 0.327 e. The molecule has 5 heteroatoms. The van der Waals surface area contributed by atoms with E-state index in [9.17, 15) is 4.79 Å². The molecule has 0 N–H and O–H groups in total. The van der Waals surface area contributed by atoms with Gasteiger partial charge in [0.15, 0.2) is 0 Å². The Hall–Kier alpha value is -1.75. The number of pyridine rings is 1. The molecule has 2 aromatic rings. The van der Waals surface area contributed by atoms with E-state index in [1.54, 1.807) is 22.0 Å². The maximum Gasteiger partial charge on any atom is 0.273 e. The highest BCUT2D eigenvalue weighted by atomic mass is 32.1. The second-order valence-electron chi connectivity index (χ2n) is 3.64. The number of carbonyl (C=O) groups excluding carboxylic acids is 1. The summed E-state index contributed by atoms with van der Waals surface area (Å²) in [4.78, 5) is 22.1. The topological polar surface area (TPSA) is 46.1 Å². The first kappa shape index (κ1) is 9.47. The molecule has 2 aromatic heterocycles. The third-order valence-corrected chi connectivity index (χ3v) is 3.21. The first-order valence-electron chi connectivity index (χ1n) is 4.95. The van der Waals surface area contributed by atoms with Crippen LogP contribution in [0, 0.1) is 0 Å². The lowest BCUT2D eigenvalue weighted by Gasteiger charge is -2.12. The maximum absolute atomic E-state index is 12.0. The average Bonchev–Trinajstić information content (AvgIpc) is 2.97. The zero-order valence-electron chi connectivity index (χ0n) is 8.46. The number of fused-ring (bicyclic) bond motifs is 1. The summed E-state index contributed by atoms with van der Waals surface area (Å²) in [5.41, 5.74) is 4.32. The SMILES string of the molecule is O=C(c1cscn1)N1Cc2cccnc2C1. The number of nitrogens with zero attached hydrogens (tertiary/aromatic N) is 3. The summed E-state index contributed by atoms with van der Waals surface area (Å²) in [6, 6.07) is 3.91. The Morgan fingerprint density at radius 3 is 3.06 bits per heavy atom. The van der Waals surface area contributed by atoms with Gasteiger partial charge in [0.05, 0.1) is 17.7 Å². The van der Waals surface area contributed by atoms with Crippen LogP contribution >= 0.6 is 11.3 Å². The number of thiazole rings is 1. The van der Waals surface area contributed by atoms with Crippen molar-refractivity contribution < 1.29 is 4.79 Å². The molecule has 0 radical (unpaired) electrons. The molecule has 1 aliphatic rings. The highest BCUT2D eigenvalue weighted by Crippen LogP contribution is 2.21. The van der Waals surface area contributed by atoms with Crippen LogP contribution in [-0.2, 0) is 13.1 Å². The number of hydrogen-bond donors (Lipinski definition) is 0. The van der Waals surface area contributed by atoms with Crippen molar-refractivity contribution in [3.63, 3.8) is 0 Å². The van der Waals surface area contributed by atoms with Crippen molar-refractivity contribution in [2.75, 3.05) is 0 Å². The van der Waals surface area contributed by atoms with Crippen molar-refractivity contribution in [3.8, 4) is 0 Å². The molecule has 0 saturated heterocycles. The molecule has 80 valence electrons. The van der Waals surface area contributed by atoms with Crippen LogP contribution < -0.4 is 0 Å². The van der Waals surface area contributed by atoms with Gasteiger partial charge in [0.25, 0.3) is 5.91 Å². The Kier molecular flexibility index (Phi) is 2.18. The van der Waals surface area contributed by atoms with Gasteiger partial charge in [-0.3, -0.25) is 9.78 Å². The van der Waals surface area contributed by atoms with E-state index >= 15 is 0 Å². The summed E-state index contributed by atoms with van der Waals surface area (Å²) in [6.45, 7) is 1.23. The lowest BCUT2D eigenvalue weighted by Crippen LogP contribution is -2.25.